The highest BCUT2D eigenvalue weighted by Gasteiger charge is 2.14. The molecule has 0 aliphatic carbocycles. The molecule has 0 aromatic heterocycles. The highest BCUT2D eigenvalue weighted by molar-refractivity contribution is 7.89. The van der Waals surface area contributed by atoms with Crippen LogP contribution in [0, 0.1) is 11.7 Å². The Morgan fingerprint density at radius 3 is 2.47 bits per heavy atom. The molecule has 17 heavy (non-hydrogen) atoms. The number of carbonyl (C=O) groups is 1. The number of hydrogen-bond acceptors (Lipinski definition) is 3. The number of benzene rings is 1. The van der Waals surface area contributed by atoms with E-state index in [4.69, 9.17) is 5.14 Å². The maximum absolute atomic E-state index is 13.3. The number of nitrogens with one attached hydrogen (secondary N) is 1. The number of nitrogens with two attached hydrogens (primary N) is 1. The third kappa shape index (κ3) is 3.50. The van der Waals surface area contributed by atoms with E-state index in [1.54, 1.807) is 13.8 Å². The Balaban J connectivity index is 3.12. The average molecular weight is 260 g/mol. The summed E-state index contributed by atoms with van der Waals surface area (Å²) in [5.41, 5.74) is -0.199. The summed E-state index contributed by atoms with van der Waals surface area (Å²) in [6, 6.07) is 2.97. The predicted octanol–water partition coefficient (Wildman–Crippen LogP) is 1.07. The number of anilines is 1. The van der Waals surface area contributed by atoms with E-state index in [0.29, 0.717) is 0 Å². The Labute approximate surface area is 98.9 Å². The first kappa shape index (κ1) is 13.6. The van der Waals surface area contributed by atoms with E-state index in [2.05, 4.69) is 5.32 Å². The molecule has 1 amide bonds. The molecular formula is C10H13FN2O3S. The molecule has 0 radical (unpaired) electrons. The molecule has 1 rings (SSSR count). The van der Waals surface area contributed by atoms with Crippen molar-refractivity contribution in [1.82, 2.24) is 0 Å². The van der Waals surface area contributed by atoms with Gasteiger partial charge in [-0.15, -0.1) is 0 Å². The van der Waals surface area contributed by atoms with Crippen molar-refractivity contribution in [1.29, 1.82) is 0 Å². The smallest absolute Gasteiger partial charge is 0.238 e. The van der Waals surface area contributed by atoms with Gasteiger partial charge in [-0.2, -0.15) is 0 Å². The second-order valence-corrected chi connectivity index (χ2v) is 5.39. The van der Waals surface area contributed by atoms with Crippen LogP contribution in [0.4, 0.5) is 10.1 Å². The van der Waals surface area contributed by atoms with Gasteiger partial charge in [0.15, 0.2) is 0 Å². The maximum atomic E-state index is 13.3. The molecule has 0 spiro atoms. The van der Waals surface area contributed by atoms with E-state index in [9.17, 15) is 17.6 Å². The monoisotopic (exact) mass is 260 g/mol. The number of sulfonamides is 1. The van der Waals surface area contributed by atoms with Crippen LogP contribution >= 0.6 is 0 Å². The molecule has 0 fully saturated rings. The normalized spacial score (nSPS) is 11.6. The average Bonchev–Trinajstić information content (AvgIpc) is 2.19. The van der Waals surface area contributed by atoms with Crippen LogP contribution in [-0.4, -0.2) is 14.3 Å². The van der Waals surface area contributed by atoms with Crippen LogP contribution in [0.15, 0.2) is 23.1 Å². The van der Waals surface area contributed by atoms with Crippen molar-refractivity contribution in [2.45, 2.75) is 18.7 Å². The molecule has 0 bridgehead atoms. The molecule has 0 aliphatic rings. The van der Waals surface area contributed by atoms with Gasteiger partial charge in [0.05, 0.1) is 10.6 Å². The summed E-state index contributed by atoms with van der Waals surface area (Å²) in [6.45, 7) is 3.27. The minimum atomic E-state index is -3.92. The van der Waals surface area contributed by atoms with Crippen LogP contribution in [0.2, 0.25) is 0 Å². The van der Waals surface area contributed by atoms with Gasteiger partial charge in [-0.3, -0.25) is 4.79 Å². The molecular weight excluding hydrogens is 247 g/mol. The van der Waals surface area contributed by atoms with Gasteiger partial charge >= 0.3 is 0 Å². The van der Waals surface area contributed by atoms with Gasteiger partial charge in [-0.05, 0) is 18.2 Å². The summed E-state index contributed by atoms with van der Waals surface area (Å²) in [4.78, 5) is 11.1. The zero-order valence-corrected chi connectivity index (χ0v) is 10.2. The highest BCUT2D eigenvalue weighted by Crippen LogP contribution is 2.19. The first-order valence-electron chi connectivity index (χ1n) is 4.85. The van der Waals surface area contributed by atoms with Gasteiger partial charge in [-0.1, -0.05) is 13.8 Å². The minimum Gasteiger partial charge on any atom is -0.323 e. The molecule has 3 N–H and O–H groups in total. The van der Waals surface area contributed by atoms with E-state index in [1.807, 2.05) is 0 Å². The third-order valence-electron chi connectivity index (χ3n) is 2.05. The molecule has 7 heteroatoms. The molecule has 0 unspecified atom stereocenters. The van der Waals surface area contributed by atoms with Crippen LogP contribution in [0.3, 0.4) is 0 Å². The molecule has 0 heterocycles. The lowest BCUT2D eigenvalue weighted by molar-refractivity contribution is -0.118. The standard InChI is InChI=1S/C10H13FN2O3S/c1-6(2)10(14)13-9-5-7(17(12,15)16)3-4-8(9)11/h3-6H,1-2H3,(H,13,14)(H2,12,15,16). The lowest BCUT2D eigenvalue weighted by atomic mass is 10.2. The van der Waals surface area contributed by atoms with E-state index in [1.165, 1.54) is 0 Å². The zero-order valence-electron chi connectivity index (χ0n) is 9.40. The summed E-state index contributed by atoms with van der Waals surface area (Å²) in [7, 11) is -3.92. The van der Waals surface area contributed by atoms with Crippen molar-refractivity contribution in [2.75, 3.05) is 5.32 Å². The molecule has 5 nitrogen and oxygen atoms in total. The second-order valence-electron chi connectivity index (χ2n) is 3.83. The fraction of sp³-hybridized carbons (Fsp3) is 0.300. The molecule has 0 aliphatic heterocycles. The molecule has 0 atom stereocenters. The summed E-state index contributed by atoms with van der Waals surface area (Å²) < 4.78 is 35.4. The first-order valence-corrected chi connectivity index (χ1v) is 6.39. The number of halogens is 1. The van der Waals surface area contributed by atoms with Gasteiger partial charge in [0.25, 0.3) is 0 Å². The van der Waals surface area contributed by atoms with E-state index in [0.717, 1.165) is 18.2 Å². The lowest BCUT2D eigenvalue weighted by Gasteiger charge is -2.09. The number of carbonyl (C=O) groups excluding carboxylic acids is 1. The number of amides is 1. The van der Waals surface area contributed by atoms with Crippen molar-refractivity contribution in [3.05, 3.63) is 24.0 Å². The molecule has 0 saturated heterocycles. The Bertz CT molecular complexity index is 540. The summed E-state index contributed by atoms with van der Waals surface area (Å²) >= 11 is 0. The lowest BCUT2D eigenvalue weighted by Crippen LogP contribution is -2.19. The van der Waals surface area contributed by atoms with Crippen LogP contribution in [0.1, 0.15) is 13.8 Å². The van der Waals surface area contributed by atoms with Crippen molar-refractivity contribution in [2.24, 2.45) is 11.1 Å². The number of primary sulfonamides is 1. The summed E-state index contributed by atoms with van der Waals surface area (Å²) in [5, 5.41) is 7.19. The second kappa shape index (κ2) is 4.80. The van der Waals surface area contributed by atoms with Gasteiger partial charge in [0, 0.05) is 5.92 Å². The molecule has 1 aromatic carbocycles. The van der Waals surface area contributed by atoms with Crippen molar-refractivity contribution in [3.8, 4) is 0 Å². The van der Waals surface area contributed by atoms with Crippen molar-refractivity contribution >= 4 is 21.6 Å². The summed E-state index contributed by atoms with van der Waals surface area (Å²) in [6.07, 6.45) is 0. The SMILES string of the molecule is CC(C)C(=O)Nc1cc(S(N)(=O)=O)ccc1F. The fourth-order valence-electron chi connectivity index (χ4n) is 1.05. The zero-order chi connectivity index (χ0) is 13.2. The van der Waals surface area contributed by atoms with Gasteiger partial charge in [0.1, 0.15) is 5.82 Å². The quantitative estimate of drug-likeness (QED) is 0.851. The Morgan fingerprint density at radius 1 is 1.41 bits per heavy atom. The third-order valence-corrected chi connectivity index (χ3v) is 2.96. The van der Waals surface area contributed by atoms with Crippen LogP contribution in [0.5, 0.6) is 0 Å². The molecule has 0 saturated carbocycles. The fourth-order valence-corrected chi connectivity index (χ4v) is 1.59. The largest absolute Gasteiger partial charge is 0.323 e. The van der Waals surface area contributed by atoms with Crippen LogP contribution in [0.25, 0.3) is 0 Å². The van der Waals surface area contributed by atoms with Crippen molar-refractivity contribution in [3.63, 3.8) is 0 Å². The van der Waals surface area contributed by atoms with Crippen molar-refractivity contribution < 1.29 is 17.6 Å². The maximum Gasteiger partial charge on any atom is 0.238 e. The van der Waals surface area contributed by atoms with E-state index in [-0.39, 0.29) is 16.5 Å². The number of rotatable bonds is 3. The van der Waals surface area contributed by atoms with E-state index < -0.39 is 21.7 Å². The minimum absolute atomic E-state index is 0.199. The number of hydrogen-bond donors (Lipinski definition) is 2. The summed E-state index contributed by atoms with van der Waals surface area (Å²) in [5.74, 6) is -1.46. The van der Waals surface area contributed by atoms with Gasteiger partial charge < -0.3 is 5.32 Å². The highest BCUT2D eigenvalue weighted by atomic mass is 32.2. The first-order chi connectivity index (χ1) is 7.71. The van der Waals surface area contributed by atoms with E-state index >= 15 is 0 Å². The Hall–Kier alpha value is -1.47. The van der Waals surface area contributed by atoms with Crippen LogP contribution in [-0.2, 0) is 14.8 Å². The molecule has 94 valence electrons. The van der Waals surface area contributed by atoms with Gasteiger partial charge in [0.2, 0.25) is 15.9 Å². The topological polar surface area (TPSA) is 89.3 Å². The Kier molecular flexibility index (Phi) is 3.84. The molecule has 1 aromatic rings. The Morgan fingerprint density at radius 2 is 2.00 bits per heavy atom. The predicted molar refractivity (Wildman–Crippen MR) is 61.2 cm³/mol. The van der Waals surface area contributed by atoms with Gasteiger partial charge in [-0.25, -0.2) is 17.9 Å². The van der Waals surface area contributed by atoms with Crippen LogP contribution < -0.4 is 10.5 Å².